The molecule has 2 aromatic carbocycles. The van der Waals surface area contributed by atoms with Crippen molar-refractivity contribution in [3.05, 3.63) is 59.1 Å². The minimum Gasteiger partial charge on any atom is -0.482 e. The molecular formula is C17H14ClNO3S. The van der Waals surface area contributed by atoms with Gasteiger partial charge in [0.05, 0.1) is 5.71 Å². The molecule has 0 aromatic heterocycles. The molecule has 1 heterocycles. The molecule has 0 saturated heterocycles. The molecule has 6 heteroatoms. The number of nitrogens with zero attached hydrogens (tertiary/aromatic N) is 1. The second-order valence-corrected chi connectivity index (χ2v) is 6.41. The largest absolute Gasteiger partial charge is 0.482 e. The maximum Gasteiger partial charge on any atom is 0.372 e. The van der Waals surface area contributed by atoms with E-state index in [1.807, 2.05) is 24.3 Å². The molecule has 0 bridgehead atoms. The van der Waals surface area contributed by atoms with E-state index < -0.39 is 5.97 Å². The Morgan fingerprint density at radius 3 is 2.78 bits per heavy atom. The minimum atomic E-state index is -0.539. The lowest BCUT2D eigenvalue weighted by Gasteiger charge is -2.16. The molecule has 0 fully saturated rings. The standard InChI is InChI=1S/C17H14ClNO3S/c18-12-5-7-13(8-6-12)21-11-17(20)22-19-15-9-10-23-16-4-2-1-3-14(15)16/h1-8H,9-11H2. The Kier molecular flexibility index (Phi) is 5.20. The molecule has 0 N–H and O–H groups in total. The molecule has 0 amide bonds. The summed E-state index contributed by atoms with van der Waals surface area (Å²) in [5.41, 5.74) is 1.81. The molecular weight excluding hydrogens is 334 g/mol. The first kappa shape index (κ1) is 15.9. The van der Waals surface area contributed by atoms with E-state index in [0.29, 0.717) is 10.8 Å². The molecule has 0 atom stereocenters. The monoisotopic (exact) mass is 347 g/mol. The van der Waals surface area contributed by atoms with Gasteiger partial charge in [0.2, 0.25) is 0 Å². The zero-order chi connectivity index (χ0) is 16.1. The van der Waals surface area contributed by atoms with Crippen LogP contribution in [-0.4, -0.2) is 24.0 Å². The Labute approximate surface area is 143 Å². The van der Waals surface area contributed by atoms with E-state index in [9.17, 15) is 4.79 Å². The average Bonchev–Trinajstić information content (AvgIpc) is 2.59. The fourth-order valence-electron chi connectivity index (χ4n) is 2.12. The van der Waals surface area contributed by atoms with Crippen molar-refractivity contribution >= 4 is 35.0 Å². The van der Waals surface area contributed by atoms with Gasteiger partial charge in [-0.2, -0.15) is 0 Å². The number of carbonyl (C=O) groups is 1. The molecule has 118 valence electrons. The Morgan fingerprint density at radius 2 is 1.96 bits per heavy atom. The van der Waals surface area contributed by atoms with Crippen LogP contribution in [0.1, 0.15) is 12.0 Å². The van der Waals surface area contributed by atoms with E-state index >= 15 is 0 Å². The lowest BCUT2D eigenvalue weighted by Crippen LogP contribution is -2.15. The van der Waals surface area contributed by atoms with Gasteiger partial charge in [0, 0.05) is 27.7 Å². The molecule has 0 unspecified atom stereocenters. The van der Waals surface area contributed by atoms with Crippen LogP contribution in [-0.2, 0) is 9.63 Å². The van der Waals surface area contributed by atoms with Crippen LogP contribution >= 0.6 is 23.4 Å². The number of ether oxygens (including phenoxy) is 1. The van der Waals surface area contributed by atoms with E-state index in [2.05, 4.69) is 5.16 Å². The van der Waals surface area contributed by atoms with Gasteiger partial charge in [-0.3, -0.25) is 0 Å². The van der Waals surface area contributed by atoms with Crippen LogP contribution in [0.5, 0.6) is 5.75 Å². The van der Waals surface area contributed by atoms with Crippen molar-refractivity contribution in [2.45, 2.75) is 11.3 Å². The Balaban J connectivity index is 1.57. The fraction of sp³-hybridized carbons (Fsp3) is 0.176. The number of hydrogen-bond donors (Lipinski definition) is 0. The summed E-state index contributed by atoms with van der Waals surface area (Å²) in [4.78, 5) is 17.9. The molecule has 0 spiro atoms. The minimum absolute atomic E-state index is 0.200. The normalized spacial score (nSPS) is 15.1. The van der Waals surface area contributed by atoms with E-state index in [1.165, 1.54) is 0 Å². The maximum absolute atomic E-state index is 11.8. The van der Waals surface area contributed by atoms with Crippen LogP contribution in [0.2, 0.25) is 5.02 Å². The van der Waals surface area contributed by atoms with E-state index in [1.54, 1.807) is 36.0 Å². The fourth-order valence-corrected chi connectivity index (χ4v) is 3.28. The summed E-state index contributed by atoms with van der Waals surface area (Å²) < 4.78 is 5.33. The van der Waals surface area contributed by atoms with Gasteiger partial charge in [-0.25, -0.2) is 4.79 Å². The number of hydrogen-bond acceptors (Lipinski definition) is 5. The zero-order valence-corrected chi connectivity index (χ0v) is 13.8. The van der Waals surface area contributed by atoms with Gasteiger partial charge in [0.15, 0.2) is 6.61 Å². The van der Waals surface area contributed by atoms with Gasteiger partial charge in [-0.05, 0) is 30.3 Å². The van der Waals surface area contributed by atoms with Gasteiger partial charge in [-0.15, -0.1) is 11.8 Å². The zero-order valence-electron chi connectivity index (χ0n) is 12.2. The van der Waals surface area contributed by atoms with Crippen molar-refractivity contribution in [3.63, 3.8) is 0 Å². The molecule has 3 rings (SSSR count). The van der Waals surface area contributed by atoms with Gasteiger partial charge in [-0.1, -0.05) is 35.0 Å². The summed E-state index contributed by atoms with van der Waals surface area (Å²) in [6.45, 7) is -0.200. The van der Waals surface area contributed by atoms with Crippen LogP contribution < -0.4 is 4.74 Å². The van der Waals surface area contributed by atoms with Crippen molar-refractivity contribution in [2.24, 2.45) is 5.16 Å². The smallest absolute Gasteiger partial charge is 0.372 e. The number of oxime groups is 1. The highest BCUT2D eigenvalue weighted by Gasteiger charge is 2.16. The van der Waals surface area contributed by atoms with E-state index in [0.717, 1.165) is 28.3 Å². The number of rotatable bonds is 4. The Bertz CT molecular complexity index is 731. The van der Waals surface area contributed by atoms with Crippen molar-refractivity contribution in [2.75, 3.05) is 12.4 Å². The first-order valence-electron chi connectivity index (χ1n) is 7.09. The SMILES string of the molecule is O=C(COc1ccc(Cl)cc1)ON=C1CCSc2ccccc21. The van der Waals surface area contributed by atoms with Crippen molar-refractivity contribution < 1.29 is 14.4 Å². The van der Waals surface area contributed by atoms with Crippen molar-refractivity contribution in [3.8, 4) is 5.75 Å². The summed E-state index contributed by atoms with van der Waals surface area (Å²) in [6, 6.07) is 14.7. The summed E-state index contributed by atoms with van der Waals surface area (Å²) in [5.74, 6) is 0.941. The van der Waals surface area contributed by atoms with E-state index in [4.69, 9.17) is 21.2 Å². The highest BCUT2D eigenvalue weighted by atomic mass is 35.5. The van der Waals surface area contributed by atoms with Crippen molar-refractivity contribution in [1.29, 1.82) is 0 Å². The third-order valence-corrected chi connectivity index (χ3v) is 4.55. The number of thioether (sulfide) groups is 1. The third-order valence-electron chi connectivity index (χ3n) is 3.22. The second-order valence-electron chi connectivity index (χ2n) is 4.84. The van der Waals surface area contributed by atoms with Crippen LogP contribution in [0, 0.1) is 0 Å². The third kappa shape index (κ3) is 4.27. The number of halogens is 1. The number of fused-ring (bicyclic) bond motifs is 1. The summed E-state index contributed by atoms with van der Waals surface area (Å²) in [6.07, 6.45) is 0.771. The molecule has 23 heavy (non-hydrogen) atoms. The molecule has 0 aliphatic carbocycles. The quantitative estimate of drug-likeness (QED) is 0.615. The van der Waals surface area contributed by atoms with Crippen LogP contribution in [0.25, 0.3) is 0 Å². The van der Waals surface area contributed by atoms with Crippen LogP contribution in [0.4, 0.5) is 0 Å². The molecule has 4 nitrogen and oxygen atoms in total. The summed E-state index contributed by atoms with van der Waals surface area (Å²) in [5, 5.41) is 4.61. The van der Waals surface area contributed by atoms with Crippen molar-refractivity contribution in [1.82, 2.24) is 0 Å². The predicted octanol–water partition coefficient (Wildman–Crippen LogP) is 4.16. The number of benzene rings is 2. The summed E-state index contributed by atoms with van der Waals surface area (Å²) in [7, 11) is 0. The molecule has 0 radical (unpaired) electrons. The molecule has 1 aliphatic rings. The van der Waals surface area contributed by atoms with Gasteiger partial charge in [0.1, 0.15) is 5.75 Å². The molecule has 1 aliphatic heterocycles. The highest BCUT2D eigenvalue weighted by molar-refractivity contribution is 7.99. The lowest BCUT2D eigenvalue weighted by molar-refractivity contribution is -0.146. The van der Waals surface area contributed by atoms with Gasteiger partial charge < -0.3 is 9.57 Å². The molecule has 2 aromatic rings. The average molecular weight is 348 g/mol. The highest BCUT2D eigenvalue weighted by Crippen LogP contribution is 2.29. The Morgan fingerprint density at radius 1 is 1.17 bits per heavy atom. The first-order valence-corrected chi connectivity index (χ1v) is 8.46. The van der Waals surface area contributed by atoms with Gasteiger partial charge >= 0.3 is 5.97 Å². The predicted molar refractivity (Wildman–Crippen MR) is 91.4 cm³/mol. The molecule has 0 saturated carbocycles. The first-order chi connectivity index (χ1) is 11.2. The lowest BCUT2D eigenvalue weighted by atomic mass is 10.1. The van der Waals surface area contributed by atoms with Crippen LogP contribution in [0.3, 0.4) is 0 Å². The number of carbonyl (C=O) groups excluding carboxylic acids is 1. The topological polar surface area (TPSA) is 47.9 Å². The van der Waals surface area contributed by atoms with E-state index in [-0.39, 0.29) is 6.61 Å². The van der Waals surface area contributed by atoms with Gasteiger partial charge in [0.25, 0.3) is 0 Å². The summed E-state index contributed by atoms with van der Waals surface area (Å²) >= 11 is 7.56. The van der Waals surface area contributed by atoms with Crippen LogP contribution in [0.15, 0.2) is 58.6 Å². The Hall–Kier alpha value is -1.98. The second kappa shape index (κ2) is 7.53. The maximum atomic E-state index is 11.8.